The summed E-state index contributed by atoms with van der Waals surface area (Å²) in [6.07, 6.45) is 1.36. The summed E-state index contributed by atoms with van der Waals surface area (Å²) in [4.78, 5) is 16.9. The lowest BCUT2D eigenvalue weighted by Gasteiger charge is -2.24. The van der Waals surface area contributed by atoms with Crippen molar-refractivity contribution in [1.82, 2.24) is 25.0 Å². The number of hydrogen-bond donors (Lipinski definition) is 1. The summed E-state index contributed by atoms with van der Waals surface area (Å²) in [5, 5.41) is 15.1. The maximum Gasteiger partial charge on any atom is 0.272 e. The van der Waals surface area contributed by atoms with E-state index in [0.717, 1.165) is 18.2 Å². The van der Waals surface area contributed by atoms with Gasteiger partial charge in [0.15, 0.2) is 0 Å². The number of anilines is 1. The molecular weight excluding hydrogens is 421 g/mol. The minimum Gasteiger partial charge on any atom is -0.310 e. The molecule has 0 saturated heterocycles. The van der Waals surface area contributed by atoms with Crippen LogP contribution < -0.4 is 5.32 Å². The lowest BCUT2D eigenvalue weighted by molar-refractivity contribution is -0.116. The Morgan fingerprint density at radius 1 is 1.06 bits per heavy atom. The predicted octanol–water partition coefficient (Wildman–Crippen LogP) is 3.92. The van der Waals surface area contributed by atoms with Gasteiger partial charge in [0, 0.05) is 23.5 Å². The molecule has 0 bridgehead atoms. The largest absolute Gasteiger partial charge is 0.310 e. The monoisotopic (exact) mass is 436 g/mol. The fourth-order valence-corrected chi connectivity index (χ4v) is 3.88. The molecule has 0 unspecified atom stereocenters. The number of amides is 1. The van der Waals surface area contributed by atoms with E-state index in [1.54, 1.807) is 19.1 Å². The molecule has 5 rings (SSSR count). The second-order valence-corrected chi connectivity index (χ2v) is 7.38. The van der Waals surface area contributed by atoms with E-state index in [1.807, 2.05) is 0 Å². The summed E-state index contributed by atoms with van der Waals surface area (Å²) in [6, 6.07) is 8.86. The van der Waals surface area contributed by atoms with E-state index >= 15 is 0 Å². The standard InChI is InChI=1S/C22H15F3N6O/c1-11-20-16(15-8-14(24)6-7-17(15)25)9-19(32)28-21(20)31(30-11)22-27-18(10-26-29-22)12-2-4-13(23)5-3-12/h2-8,10,16H,9H2,1H3,(H,28,32)/t16-/m0/s1. The van der Waals surface area contributed by atoms with Crippen molar-refractivity contribution in [2.24, 2.45) is 0 Å². The molecule has 10 heteroatoms. The fraction of sp³-hybridized carbons (Fsp3) is 0.136. The van der Waals surface area contributed by atoms with Crippen molar-refractivity contribution >= 4 is 11.7 Å². The number of halogens is 3. The van der Waals surface area contributed by atoms with Gasteiger partial charge in [-0.1, -0.05) is 0 Å². The summed E-state index contributed by atoms with van der Waals surface area (Å²) >= 11 is 0. The van der Waals surface area contributed by atoms with Gasteiger partial charge in [0.2, 0.25) is 5.91 Å². The Hall–Kier alpha value is -4.08. The molecule has 0 saturated carbocycles. The van der Waals surface area contributed by atoms with E-state index in [4.69, 9.17) is 0 Å². The Bertz CT molecular complexity index is 1350. The first-order chi connectivity index (χ1) is 15.4. The summed E-state index contributed by atoms with van der Waals surface area (Å²) in [5.41, 5.74) is 2.16. The molecule has 1 N–H and O–H groups in total. The van der Waals surface area contributed by atoms with Crippen LogP contribution in [0.3, 0.4) is 0 Å². The number of nitrogens with one attached hydrogen (secondary N) is 1. The lowest BCUT2D eigenvalue weighted by atomic mass is 9.85. The normalized spacial score (nSPS) is 15.4. The first kappa shape index (κ1) is 19.9. The molecule has 160 valence electrons. The molecule has 2 aromatic carbocycles. The zero-order valence-electron chi connectivity index (χ0n) is 16.7. The number of fused-ring (bicyclic) bond motifs is 1. The molecule has 0 radical (unpaired) electrons. The van der Waals surface area contributed by atoms with Gasteiger partial charge in [0.1, 0.15) is 23.3 Å². The Morgan fingerprint density at radius 2 is 1.81 bits per heavy atom. The highest BCUT2D eigenvalue weighted by Crippen LogP contribution is 2.40. The number of hydrogen-bond acceptors (Lipinski definition) is 5. The van der Waals surface area contributed by atoms with Gasteiger partial charge >= 0.3 is 0 Å². The molecule has 7 nitrogen and oxygen atoms in total. The topological polar surface area (TPSA) is 85.6 Å². The van der Waals surface area contributed by atoms with E-state index in [1.165, 1.54) is 23.0 Å². The van der Waals surface area contributed by atoms with Crippen molar-refractivity contribution in [3.63, 3.8) is 0 Å². The van der Waals surface area contributed by atoms with Crippen molar-refractivity contribution in [2.75, 3.05) is 5.32 Å². The van der Waals surface area contributed by atoms with Crippen LogP contribution in [-0.2, 0) is 4.79 Å². The SMILES string of the molecule is Cc1nn(-c2nncc(-c3ccc(F)cc3)n2)c2c1[C@H](c1cc(F)ccc1F)CC(=O)N2. The van der Waals surface area contributed by atoms with Gasteiger partial charge < -0.3 is 5.32 Å². The molecule has 0 fully saturated rings. The number of carbonyl (C=O) groups is 1. The van der Waals surface area contributed by atoms with Crippen molar-refractivity contribution in [3.8, 4) is 17.2 Å². The number of carbonyl (C=O) groups excluding carboxylic acids is 1. The molecule has 1 aliphatic rings. The summed E-state index contributed by atoms with van der Waals surface area (Å²) < 4.78 is 42.9. The van der Waals surface area contributed by atoms with Crippen molar-refractivity contribution in [1.29, 1.82) is 0 Å². The molecule has 2 aromatic heterocycles. The van der Waals surface area contributed by atoms with Gasteiger partial charge in [-0.05, 0) is 55.0 Å². The van der Waals surface area contributed by atoms with Gasteiger partial charge in [-0.3, -0.25) is 4.79 Å². The van der Waals surface area contributed by atoms with E-state index in [9.17, 15) is 18.0 Å². The minimum atomic E-state index is -0.726. The summed E-state index contributed by atoms with van der Waals surface area (Å²) in [6.45, 7) is 1.70. The number of nitrogens with zero attached hydrogens (tertiary/aromatic N) is 5. The summed E-state index contributed by atoms with van der Waals surface area (Å²) in [5.74, 6) is -2.36. The van der Waals surface area contributed by atoms with E-state index in [2.05, 4.69) is 25.6 Å². The molecule has 4 aromatic rings. The van der Waals surface area contributed by atoms with Crippen molar-refractivity contribution < 1.29 is 18.0 Å². The van der Waals surface area contributed by atoms with Crippen LogP contribution in [0.2, 0.25) is 0 Å². The van der Waals surface area contributed by atoms with E-state index in [0.29, 0.717) is 22.5 Å². The van der Waals surface area contributed by atoms with Crippen LogP contribution in [0.15, 0.2) is 48.7 Å². The molecule has 1 amide bonds. The Labute approximate surface area is 179 Å². The zero-order valence-corrected chi connectivity index (χ0v) is 16.7. The van der Waals surface area contributed by atoms with Crippen LogP contribution in [0.5, 0.6) is 0 Å². The second-order valence-electron chi connectivity index (χ2n) is 7.38. The average Bonchev–Trinajstić information content (AvgIpc) is 3.11. The van der Waals surface area contributed by atoms with E-state index < -0.39 is 17.6 Å². The maximum absolute atomic E-state index is 14.5. The van der Waals surface area contributed by atoms with Gasteiger partial charge in [0.25, 0.3) is 5.95 Å². The highest BCUT2D eigenvalue weighted by molar-refractivity contribution is 5.95. The van der Waals surface area contributed by atoms with Crippen LogP contribution in [0.4, 0.5) is 19.0 Å². The van der Waals surface area contributed by atoms with Crippen LogP contribution >= 0.6 is 0 Å². The number of aromatic nitrogens is 5. The molecule has 0 aliphatic carbocycles. The first-order valence-corrected chi connectivity index (χ1v) is 9.71. The molecule has 32 heavy (non-hydrogen) atoms. The molecule has 3 heterocycles. The van der Waals surface area contributed by atoms with Crippen LogP contribution in [0, 0.1) is 24.4 Å². The smallest absolute Gasteiger partial charge is 0.272 e. The first-order valence-electron chi connectivity index (χ1n) is 9.71. The second kappa shape index (κ2) is 7.56. The quantitative estimate of drug-likeness (QED) is 0.526. The lowest BCUT2D eigenvalue weighted by Crippen LogP contribution is -2.25. The molecular formula is C22H15F3N6O. The van der Waals surface area contributed by atoms with Gasteiger partial charge in [0.05, 0.1) is 17.6 Å². The van der Waals surface area contributed by atoms with Crippen LogP contribution in [0.25, 0.3) is 17.2 Å². The predicted molar refractivity (Wildman–Crippen MR) is 109 cm³/mol. The number of rotatable bonds is 3. The third-order valence-corrected chi connectivity index (χ3v) is 5.31. The van der Waals surface area contributed by atoms with Crippen molar-refractivity contribution in [2.45, 2.75) is 19.3 Å². The Kier molecular flexibility index (Phi) is 4.69. The molecule has 0 spiro atoms. The van der Waals surface area contributed by atoms with Gasteiger partial charge in [-0.25, -0.2) is 18.2 Å². The number of aryl methyl sites for hydroxylation is 1. The van der Waals surface area contributed by atoms with E-state index in [-0.39, 0.29) is 35.5 Å². The van der Waals surface area contributed by atoms with Crippen LogP contribution in [-0.4, -0.2) is 30.9 Å². The van der Waals surface area contributed by atoms with Gasteiger partial charge in [-0.15, -0.1) is 5.10 Å². The number of benzene rings is 2. The summed E-state index contributed by atoms with van der Waals surface area (Å²) in [7, 11) is 0. The minimum absolute atomic E-state index is 0.0609. The molecule has 1 atom stereocenters. The average molecular weight is 436 g/mol. The fourth-order valence-electron chi connectivity index (χ4n) is 3.88. The Morgan fingerprint density at radius 3 is 2.59 bits per heavy atom. The molecule has 1 aliphatic heterocycles. The van der Waals surface area contributed by atoms with Gasteiger partial charge in [-0.2, -0.15) is 14.9 Å². The van der Waals surface area contributed by atoms with Crippen molar-refractivity contribution in [3.05, 3.63) is 82.9 Å². The zero-order chi connectivity index (χ0) is 22.4. The highest BCUT2D eigenvalue weighted by Gasteiger charge is 2.34. The third-order valence-electron chi connectivity index (χ3n) is 5.31. The van der Waals surface area contributed by atoms with Crippen LogP contribution in [0.1, 0.15) is 29.2 Å². The highest BCUT2D eigenvalue weighted by atomic mass is 19.1. The third kappa shape index (κ3) is 3.39. The maximum atomic E-state index is 14.5. The Balaban J connectivity index is 1.63.